The van der Waals surface area contributed by atoms with E-state index in [1.54, 1.807) is 24.3 Å². The SMILES string of the molecule is CC(C)N(Cc1ccc(F)cc1)Cc1ccc(C(O)(c2ccc(F)cc2)c2ccc(F)cc2)o1. The van der Waals surface area contributed by atoms with Gasteiger partial charge in [0.25, 0.3) is 0 Å². The summed E-state index contributed by atoms with van der Waals surface area (Å²) in [6.45, 7) is 5.16. The highest BCUT2D eigenvalue weighted by Crippen LogP contribution is 2.38. The third kappa shape index (κ3) is 5.08. The molecular weight excluding hydrogens is 439 g/mol. The Morgan fingerprint density at radius 3 is 1.65 bits per heavy atom. The van der Waals surface area contributed by atoms with Crippen LogP contribution >= 0.6 is 0 Å². The van der Waals surface area contributed by atoms with Crippen LogP contribution in [0.5, 0.6) is 0 Å². The van der Waals surface area contributed by atoms with Crippen LogP contribution in [0.4, 0.5) is 13.2 Å². The lowest BCUT2D eigenvalue weighted by atomic mass is 9.84. The maximum absolute atomic E-state index is 13.6. The first kappa shape index (κ1) is 23.8. The first-order valence-electron chi connectivity index (χ1n) is 11.1. The highest BCUT2D eigenvalue weighted by Gasteiger charge is 2.37. The van der Waals surface area contributed by atoms with Crippen LogP contribution in [0.2, 0.25) is 0 Å². The van der Waals surface area contributed by atoms with E-state index < -0.39 is 17.2 Å². The summed E-state index contributed by atoms with van der Waals surface area (Å²) in [6, 6.07) is 21.0. The predicted octanol–water partition coefficient (Wildman–Crippen LogP) is 6.39. The lowest BCUT2D eigenvalue weighted by Crippen LogP contribution is -2.30. The topological polar surface area (TPSA) is 36.6 Å². The van der Waals surface area contributed by atoms with Gasteiger partial charge in [-0.15, -0.1) is 0 Å². The Morgan fingerprint density at radius 2 is 1.18 bits per heavy atom. The smallest absolute Gasteiger partial charge is 0.173 e. The molecule has 0 aliphatic rings. The van der Waals surface area contributed by atoms with Crippen LogP contribution < -0.4 is 0 Å². The van der Waals surface area contributed by atoms with Gasteiger partial charge >= 0.3 is 0 Å². The van der Waals surface area contributed by atoms with Gasteiger partial charge in [-0.2, -0.15) is 0 Å². The largest absolute Gasteiger partial charge is 0.461 e. The fraction of sp³-hybridized carbons (Fsp3) is 0.214. The van der Waals surface area contributed by atoms with Crippen molar-refractivity contribution in [3.8, 4) is 0 Å². The predicted molar refractivity (Wildman–Crippen MR) is 124 cm³/mol. The van der Waals surface area contributed by atoms with Crippen molar-refractivity contribution >= 4 is 0 Å². The van der Waals surface area contributed by atoms with Gasteiger partial charge in [0.2, 0.25) is 0 Å². The molecule has 4 aromatic rings. The molecule has 0 saturated carbocycles. The van der Waals surface area contributed by atoms with Gasteiger partial charge < -0.3 is 9.52 Å². The molecule has 0 bridgehead atoms. The first-order valence-corrected chi connectivity index (χ1v) is 11.1. The molecule has 0 aliphatic heterocycles. The molecule has 176 valence electrons. The van der Waals surface area contributed by atoms with Gasteiger partial charge in [-0.05, 0) is 79.1 Å². The Balaban J connectivity index is 1.66. The van der Waals surface area contributed by atoms with E-state index in [1.165, 1.54) is 60.7 Å². The molecule has 0 aliphatic carbocycles. The lowest BCUT2D eigenvalue weighted by molar-refractivity contribution is 0.0939. The van der Waals surface area contributed by atoms with Gasteiger partial charge in [-0.1, -0.05) is 36.4 Å². The Kier molecular flexibility index (Phi) is 6.91. The molecule has 6 heteroatoms. The van der Waals surface area contributed by atoms with E-state index in [-0.39, 0.29) is 17.6 Å². The summed E-state index contributed by atoms with van der Waals surface area (Å²) >= 11 is 0. The zero-order chi connectivity index (χ0) is 24.3. The number of rotatable bonds is 8. The highest BCUT2D eigenvalue weighted by atomic mass is 19.1. The summed E-state index contributed by atoms with van der Waals surface area (Å²) in [5.41, 5.74) is 0.0251. The molecular formula is C28H26F3NO2. The average molecular weight is 466 g/mol. The van der Waals surface area contributed by atoms with E-state index in [9.17, 15) is 18.3 Å². The van der Waals surface area contributed by atoms with Crippen molar-refractivity contribution in [3.05, 3.63) is 131 Å². The number of aliphatic hydroxyl groups is 1. The number of benzene rings is 3. The van der Waals surface area contributed by atoms with E-state index >= 15 is 0 Å². The van der Waals surface area contributed by atoms with E-state index in [2.05, 4.69) is 18.7 Å². The summed E-state index contributed by atoms with van der Waals surface area (Å²) in [6.07, 6.45) is 0. The van der Waals surface area contributed by atoms with Crippen molar-refractivity contribution in [1.29, 1.82) is 0 Å². The van der Waals surface area contributed by atoms with Crippen molar-refractivity contribution in [2.45, 2.75) is 38.6 Å². The lowest BCUT2D eigenvalue weighted by Gasteiger charge is -2.28. The van der Waals surface area contributed by atoms with Gasteiger partial charge in [0.1, 0.15) is 29.0 Å². The van der Waals surface area contributed by atoms with Crippen LogP contribution in [0.25, 0.3) is 0 Å². The Hall–Kier alpha value is -3.35. The third-order valence-corrected chi connectivity index (χ3v) is 5.93. The molecule has 0 atom stereocenters. The fourth-order valence-corrected chi connectivity index (χ4v) is 3.94. The van der Waals surface area contributed by atoms with Crippen molar-refractivity contribution in [2.75, 3.05) is 0 Å². The molecule has 1 heterocycles. The molecule has 4 rings (SSSR count). The van der Waals surface area contributed by atoms with Crippen LogP contribution in [0, 0.1) is 17.5 Å². The second-order valence-corrected chi connectivity index (χ2v) is 8.62. The molecule has 0 saturated heterocycles. The normalized spacial score (nSPS) is 12.0. The Morgan fingerprint density at radius 1 is 0.706 bits per heavy atom. The van der Waals surface area contributed by atoms with Crippen molar-refractivity contribution in [3.63, 3.8) is 0 Å². The minimum atomic E-state index is -1.74. The molecule has 3 aromatic carbocycles. The fourth-order valence-electron chi connectivity index (χ4n) is 3.94. The van der Waals surface area contributed by atoms with Gasteiger partial charge in [0, 0.05) is 12.6 Å². The second-order valence-electron chi connectivity index (χ2n) is 8.62. The first-order chi connectivity index (χ1) is 16.3. The third-order valence-electron chi connectivity index (χ3n) is 5.93. The van der Waals surface area contributed by atoms with Crippen molar-refractivity contribution in [1.82, 2.24) is 4.90 Å². The Labute approximate surface area is 197 Å². The summed E-state index contributed by atoms with van der Waals surface area (Å²) in [5.74, 6) is -0.284. The van der Waals surface area contributed by atoms with Gasteiger partial charge in [0.05, 0.1) is 6.54 Å². The monoisotopic (exact) mass is 465 g/mol. The quantitative estimate of drug-likeness (QED) is 0.328. The van der Waals surface area contributed by atoms with Crippen LogP contribution in [-0.2, 0) is 18.7 Å². The van der Waals surface area contributed by atoms with Gasteiger partial charge in [-0.3, -0.25) is 4.90 Å². The standard InChI is InChI=1S/C28H26F3NO2/c1-19(2)32(17-20-3-9-23(29)10-4-20)18-26-15-16-27(34-26)28(33,21-5-11-24(30)12-6-21)22-7-13-25(31)14-8-22/h3-16,19,33H,17-18H2,1-2H3. The van der Waals surface area contributed by atoms with Gasteiger partial charge in [-0.25, -0.2) is 13.2 Å². The summed E-state index contributed by atoms with van der Waals surface area (Å²) in [5, 5.41) is 11.8. The average Bonchev–Trinajstić information content (AvgIpc) is 3.29. The zero-order valence-corrected chi connectivity index (χ0v) is 19.0. The molecule has 34 heavy (non-hydrogen) atoms. The summed E-state index contributed by atoms with van der Waals surface area (Å²) in [7, 11) is 0. The van der Waals surface area contributed by atoms with Crippen LogP contribution in [0.15, 0.2) is 89.3 Å². The number of halogens is 3. The number of furan rings is 1. The maximum atomic E-state index is 13.6. The van der Waals surface area contributed by atoms with E-state index in [1.807, 2.05) is 0 Å². The number of nitrogens with zero attached hydrogens (tertiary/aromatic N) is 1. The molecule has 0 spiro atoms. The van der Waals surface area contributed by atoms with Crippen molar-refractivity contribution < 1.29 is 22.7 Å². The van der Waals surface area contributed by atoms with E-state index in [0.29, 0.717) is 30.0 Å². The van der Waals surface area contributed by atoms with E-state index in [4.69, 9.17) is 4.42 Å². The minimum Gasteiger partial charge on any atom is -0.461 e. The Bertz CT molecular complexity index is 1170. The summed E-state index contributed by atoms with van der Waals surface area (Å²) < 4.78 is 46.5. The minimum absolute atomic E-state index is 0.173. The second kappa shape index (κ2) is 9.87. The molecule has 1 aromatic heterocycles. The van der Waals surface area contributed by atoms with Crippen LogP contribution in [0.3, 0.4) is 0 Å². The zero-order valence-electron chi connectivity index (χ0n) is 19.0. The molecule has 0 fully saturated rings. The molecule has 0 amide bonds. The van der Waals surface area contributed by atoms with Crippen molar-refractivity contribution in [2.24, 2.45) is 0 Å². The number of hydrogen-bond acceptors (Lipinski definition) is 3. The number of hydrogen-bond donors (Lipinski definition) is 1. The maximum Gasteiger partial charge on any atom is 0.173 e. The van der Waals surface area contributed by atoms with Crippen LogP contribution in [0.1, 0.15) is 42.1 Å². The highest BCUT2D eigenvalue weighted by molar-refractivity contribution is 5.44. The van der Waals surface area contributed by atoms with Gasteiger partial charge in [0.15, 0.2) is 5.60 Å². The summed E-state index contributed by atoms with van der Waals surface area (Å²) in [4.78, 5) is 2.16. The molecule has 1 N–H and O–H groups in total. The van der Waals surface area contributed by atoms with E-state index in [0.717, 1.165) is 5.56 Å². The molecule has 0 radical (unpaired) electrons. The van der Waals surface area contributed by atoms with Crippen LogP contribution in [-0.4, -0.2) is 16.0 Å². The molecule has 3 nitrogen and oxygen atoms in total. The molecule has 0 unspecified atom stereocenters.